The molecule has 1 aromatic heterocycles. The maximum Gasteiger partial charge on any atom is 0.418 e. The molecule has 1 heterocycles. The number of hydrogen-bond donors (Lipinski definition) is 1. The average molecular weight is 231 g/mol. The Morgan fingerprint density at radius 1 is 1.44 bits per heavy atom. The SMILES string of the molecule is CC(O)C1(c2ncccc2C(F)(F)F)CC1. The van der Waals surface area contributed by atoms with Gasteiger partial charge in [0, 0.05) is 11.6 Å². The van der Waals surface area contributed by atoms with E-state index in [0.717, 1.165) is 6.07 Å². The lowest BCUT2D eigenvalue weighted by atomic mass is 9.92. The molecule has 1 aliphatic carbocycles. The topological polar surface area (TPSA) is 33.1 Å². The van der Waals surface area contributed by atoms with Gasteiger partial charge in [0.05, 0.1) is 17.4 Å². The standard InChI is InChI=1S/C11H12F3NO/c1-7(16)10(4-5-10)9-8(11(12,13)14)3-2-6-15-9/h2-3,6-7,16H,4-5H2,1H3. The maximum absolute atomic E-state index is 12.7. The van der Waals surface area contributed by atoms with Gasteiger partial charge in [0.2, 0.25) is 0 Å². The molecule has 1 atom stereocenters. The van der Waals surface area contributed by atoms with E-state index in [1.165, 1.54) is 19.2 Å². The Morgan fingerprint density at radius 3 is 2.50 bits per heavy atom. The molecular weight excluding hydrogens is 219 g/mol. The van der Waals surface area contributed by atoms with Crippen molar-refractivity contribution in [1.82, 2.24) is 4.98 Å². The first kappa shape index (κ1) is 11.4. The van der Waals surface area contributed by atoms with Gasteiger partial charge in [0.1, 0.15) is 0 Å². The van der Waals surface area contributed by atoms with Crippen molar-refractivity contribution >= 4 is 0 Å². The van der Waals surface area contributed by atoms with Gasteiger partial charge in [-0.25, -0.2) is 0 Å². The van der Waals surface area contributed by atoms with Crippen molar-refractivity contribution in [3.8, 4) is 0 Å². The highest BCUT2D eigenvalue weighted by Gasteiger charge is 2.53. The highest BCUT2D eigenvalue weighted by Crippen LogP contribution is 2.53. The number of pyridine rings is 1. The van der Waals surface area contributed by atoms with Crippen LogP contribution in [0.3, 0.4) is 0 Å². The van der Waals surface area contributed by atoms with Crippen LogP contribution in [0.15, 0.2) is 18.3 Å². The minimum Gasteiger partial charge on any atom is -0.392 e. The molecular formula is C11H12F3NO. The van der Waals surface area contributed by atoms with Crippen LogP contribution >= 0.6 is 0 Å². The van der Waals surface area contributed by atoms with Crippen LogP contribution in [0.1, 0.15) is 31.0 Å². The Morgan fingerprint density at radius 2 is 2.06 bits per heavy atom. The summed E-state index contributed by atoms with van der Waals surface area (Å²) in [5.74, 6) is 0. The van der Waals surface area contributed by atoms with E-state index in [0.29, 0.717) is 12.8 Å². The fraction of sp³-hybridized carbons (Fsp3) is 0.545. The Bertz CT molecular complexity index is 396. The number of halogens is 3. The van der Waals surface area contributed by atoms with Crippen molar-refractivity contribution in [2.45, 2.75) is 37.5 Å². The number of alkyl halides is 3. The molecule has 1 aliphatic rings. The largest absolute Gasteiger partial charge is 0.418 e. The van der Waals surface area contributed by atoms with Crippen LogP contribution in [0.2, 0.25) is 0 Å². The highest BCUT2D eigenvalue weighted by atomic mass is 19.4. The van der Waals surface area contributed by atoms with Crippen molar-refractivity contribution in [2.75, 3.05) is 0 Å². The zero-order valence-electron chi connectivity index (χ0n) is 8.75. The molecule has 88 valence electrons. The van der Waals surface area contributed by atoms with E-state index in [4.69, 9.17) is 0 Å². The number of aliphatic hydroxyl groups excluding tert-OH is 1. The van der Waals surface area contributed by atoms with Gasteiger partial charge in [-0.05, 0) is 31.9 Å². The van der Waals surface area contributed by atoms with Crippen LogP contribution in [0.25, 0.3) is 0 Å². The first-order valence-corrected chi connectivity index (χ1v) is 5.09. The predicted octanol–water partition coefficient (Wildman–Crippen LogP) is 2.51. The van der Waals surface area contributed by atoms with Crippen molar-refractivity contribution in [3.63, 3.8) is 0 Å². The average Bonchev–Trinajstić information content (AvgIpc) is 2.97. The number of nitrogens with zero attached hydrogens (tertiary/aromatic N) is 1. The first-order chi connectivity index (χ1) is 7.38. The Hall–Kier alpha value is -1.10. The quantitative estimate of drug-likeness (QED) is 0.848. The summed E-state index contributed by atoms with van der Waals surface area (Å²) < 4.78 is 38.2. The second kappa shape index (κ2) is 3.45. The molecule has 1 fully saturated rings. The van der Waals surface area contributed by atoms with Crippen molar-refractivity contribution in [1.29, 1.82) is 0 Å². The third-order valence-corrected chi connectivity index (χ3v) is 3.17. The molecule has 2 nitrogen and oxygen atoms in total. The normalized spacial score (nSPS) is 20.6. The first-order valence-electron chi connectivity index (χ1n) is 5.09. The summed E-state index contributed by atoms with van der Waals surface area (Å²) in [6, 6.07) is 2.29. The summed E-state index contributed by atoms with van der Waals surface area (Å²) in [7, 11) is 0. The Labute approximate surface area is 91.1 Å². The molecule has 16 heavy (non-hydrogen) atoms. The van der Waals surface area contributed by atoms with Crippen LogP contribution in [0.4, 0.5) is 13.2 Å². The molecule has 1 saturated carbocycles. The lowest BCUT2D eigenvalue weighted by molar-refractivity contribution is -0.139. The zero-order chi connectivity index (χ0) is 12.0. The lowest BCUT2D eigenvalue weighted by Gasteiger charge is -2.21. The minimum atomic E-state index is -4.41. The molecule has 0 radical (unpaired) electrons. The highest BCUT2D eigenvalue weighted by molar-refractivity contribution is 5.35. The van der Waals surface area contributed by atoms with Gasteiger partial charge >= 0.3 is 6.18 Å². The van der Waals surface area contributed by atoms with E-state index in [9.17, 15) is 18.3 Å². The van der Waals surface area contributed by atoms with Gasteiger partial charge in [-0.1, -0.05) is 0 Å². The lowest BCUT2D eigenvalue weighted by Crippen LogP contribution is -2.27. The third kappa shape index (κ3) is 1.69. The van der Waals surface area contributed by atoms with Crippen molar-refractivity contribution in [3.05, 3.63) is 29.6 Å². The summed E-state index contributed by atoms with van der Waals surface area (Å²) in [5.41, 5.74) is -1.53. The molecule has 2 rings (SSSR count). The van der Waals surface area contributed by atoms with E-state index < -0.39 is 23.3 Å². The predicted molar refractivity (Wildman–Crippen MR) is 51.8 cm³/mol. The summed E-state index contributed by atoms with van der Waals surface area (Å²) in [6.45, 7) is 1.52. The van der Waals surface area contributed by atoms with Gasteiger partial charge in [0.25, 0.3) is 0 Å². The van der Waals surface area contributed by atoms with E-state index >= 15 is 0 Å². The van der Waals surface area contributed by atoms with Gasteiger partial charge in [-0.15, -0.1) is 0 Å². The van der Waals surface area contributed by atoms with Gasteiger partial charge < -0.3 is 5.11 Å². The molecule has 1 unspecified atom stereocenters. The van der Waals surface area contributed by atoms with Gasteiger partial charge in [-0.2, -0.15) is 13.2 Å². The number of rotatable bonds is 2. The molecule has 0 bridgehead atoms. The molecule has 0 amide bonds. The Balaban J connectivity index is 2.50. The van der Waals surface area contributed by atoms with Crippen LogP contribution in [-0.4, -0.2) is 16.2 Å². The van der Waals surface area contributed by atoms with Gasteiger partial charge in [0.15, 0.2) is 0 Å². The van der Waals surface area contributed by atoms with Crippen LogP contribution in [-0.2, 0) is 11.6 Å². The number of aliphatic hydroxyl groups is 1. The Kier molecular flexibility index (Phi) is 2.45. The van der Waals surface area contributed by atoms with Crippen molar-refractivity contribution in [2.24, 2.45) is 0 Å². The molecule has 1 N–H and O–H groups in total. The van der Waals surface area contributed by atoms with Crippen LogP contribution in [0.5, 0.6) is 0 Å². The van der Waals surface area contributed by atoms with E-state index in [1.807, 2.05) is 0 Å². The summed E-state index contributed by atoms with van der Waals surface area (Å²) in [6.07, 6.45) is -2.75. The molecule has 0 aromatic carbocycles. The van der Waals surface area contributed by atoms with Crippen LogP contribution < -0.4 is 0 Å². The van der Waals surface area contributed by atoms with Crippen LogP contribution in [0, 0.1) is 0 Å². The zero-order valence-corrected chi connectivity index (χ0v) is 8.75. The van der Waals surface area contributed by atoms with E-state index in [1.54, 1.807) is 0 Å². The smallest absolute Gasteiger partial charge is 0.392 e. The van der Waals surface area contributed by atoms with E-state index in [-0.39, 0.29) is 5.69 Å². The molecule has 5 heteroatoms. The molecule has 1 aromatic rings. The molecule has 0 spiro atoms. The maximum atomic E-state index is 12.7. The van der Waals surface area contributed by atoms with Crippen molar-refractivity contribution < 1.29 is 18.3 Å². The number of hydrogen-bond acceptors (Lipinski definition) is 2. The summed E-state index contributed by atoms with van der Waals surface area (Å²) >= 11 is 0. The third-order valence-electron chi connectivity index (χ3n) is 3.17. The fourth-order valence-corrected chi connectivity index (χ4v) is 2.02. The molecule has 0 aliphatic heterocycles. The summed E-state index contributed by atoms with van der Waals surface area (Å²) in [4.78, 5) is 3.82. The molecule has 0 saturated heterocycles. The number of aromatic nitrogens is 1. The van der Waals surface area contributed by atoms with Gasteiger partial charge in [-0.3, -0.25) is 4.98 Å². The summed E-state index contributed by atoms with van der Waals surface area (Å²) in [5, 5.41) is 9.58. The minimum absolute atomic E-state index is 0.0162. The fourth-order valence-electron chi connectivity index (χ4n) is 2.02. The second-order valence-electron chi connectivity index (χ2n) is 4.23. The second-order valence-corrected chi connectivity index (χ2v) is 4.23. The van der Waals surface area contributed by atoms with E-state index in [2.05, 4.69) is 4.98 Å². The monoisotopic (exact) mass is 231 g/mol.